The topological polar surface area (TPSA) is 54.5 Å². The molecule has 0 aliphatic rings. The van der Waals surface area contributed by atoms with Crippen molar-refractivity contribution in [3.63, 3.8) is 0 Å². The first-order valence-corrected chi connectivity index (χ1v) is 10.7. The molecule has 2 aromatic rings. The Morgan fingerprint density at radius 1 is 1.12 bits per heavy atom. The largest absolute Gasteiger partial charge is 0.337 e. The van der Waals surface area contributed by atoms with Crippen LogP contribution in [0.3, 0.4) is 0 Å². The quantitative estimate of drug-likeness (QED) is 0.686. The average Bonchev–Trinajstić information content (AvgIpc) is 3.06. The highest BCUT2D eigenvalue weighted by Crippen LogP contribution is 2.12. The van der Waals surface area contributed by atoms with Crippen molar-refractivity contribution in [1.29, 1.82) is 0 Å². The molecule has 0 radical (unpaired) electrons. The van der Waals surface area contributed by atoms with Crippen molar-refractivity contribution in [2.75, 3.05) is 18.1 Å². The molecule has 0 aliphatic heterocycles. The normalized spacial score (nSPS) is 11.4. The molecule has 1 amide bonds. The number of rotatable bonds is 9. The summed E-state index contributed by atoms with van der Waals surface area (Å²) in [5.41, 5.74) is 1.12. The van der Waals surface area contributed by atoms with Crippen LogP contribution in [0.25, 0.3) is 0 Å². The highest BCUT2D eigenvalue weighted by Gasteiger charge is 2.21. The molecule has 130 valence electrons. The summed E-state index contributed by atoms with van der Waals surface area (Å²) >= 11 is 1.57. The van der Waals surface area contributed by atoms with Gasteiger partial charge >= 0.3 is 0 Å². The molecule has 0 unspecified atom stereocenters. The van der Waals surface area contributed by atoms with Gasteiger partial charge in [0.2, 0.25) is 5.91 Å². The fourth-order valence-electron chi connectivity index (χ4n) is 2.46. The van der Waals surface area contributed by atoms with Crippen LogP contribution in [0.4, 0.5) is 0 Å². The smallest absolute Gasteiger partial charge is 0.238 e. The van der Waals surface area contributed by atoms with E-state index in [0.29, 0.717) is 25.9 Å². The number of carbonyl (C=O) groups excluding carboxylic acids is 1. The third-order valence-electron chi connectivity index (χ3n) is 3.77. The summed E-state index contributed by atoms with van der Waals surface area (Å²) in [5.74, 6) is -0.670. The molecule has 0 bridgehead atoms. The van der Waals surface area contributed by atoms with E-state index in [4.69, 9.17) is 0 Å². The number of hydrogen-bond acceptors (Lipinski definition) is 4. The minimum Gasteiger partial charge on any atom is -0.337 e. The van der Waals surface area contributed by atoms with Gasteiger partial charge in [-0.15, -0.1) is 11.3 Å². The van der Waals surface area contributed by atoms with Crippen molar-refractivity contribution in [1.82, 2.24) is 4.90 Å². The molecule has 2 rings (SSSR count). The van der Waals surface area contributed by atoms with Gasteiger partial charge in [-0.3, -0.25) is 4.79 Å². The number of carbonyl (C=O) groups is 1. The fourth-order valence-corrected chi connectivity index (χ4v) is 4.47. The summed E-state index contributed by atoms with van der Waals surface area (Å²) in [6.45, 7) is 2.86. The van der Waals surface area contributed by atoms with Gasteiger partial charge in [0.1, 0.15) is 5.75 Å². The number of amides is 1. The van der Waals surface area contributed by atoms with Crippen molar-refractivity contribution >= 4 is 27.1 Å². The molecule has 1 heterocycles. The first-order valence-electron chi connectivity index (χ1n) is 8.04. The van der Waals surface area contributed by atoms with Crippen molar-refractivity contribution in [2.24, 2.45) is 0 Å². The molecule has 0 saturated carbocycles. The first kappa shape index (κ1) is 18.7. The van der Waals surface area contributed by atoms with E-state index in [1.54, 1.807) is 16.2 Å². The molecule has 0 spiro atoms. The van der Waals surface area contributed by atoms with Crippen LogP contribution < -0.4 is 0 Å². The van der Waals surface area contributed by atoms with Gasteiger partial charge in [-0.05, 0) is 36.8 Å². The zero-order valence-electron chi connectivity index (χ0n) is 13.8. The van der Waals surface area contributed by atoms with Gasteiger partial charge in [0, 0.05) is 11.4 Å². The van der Waals surface area contributed by atoms with Crippen LogP contribution in [0.5, 0.6) is 0 Å². The maximum atomic E-state index is 12.3. The standard InChI is InChI=1S/C18H23NO3S2/c1-2-19(14-17-11-6-12-23-17)18(20)15-24(21,22)13-7-10-16-8-4-3-5-9-16/h3-6,8-9,11-12H,2,7,10,13-15H2,1H3. The summed E-state index contributed by atoms with van der Waals surface area (Å²) in [6, 6.07) is 13.7. The summed E-state index contributed by atoms with van der Waals surface area (Å²) in [6.07, 6.45) is 1.25. The minimum absolute atomic E-state index is 0.0458. The van der Waals surface area contributed by atoms with Crippen LogP contribution in [0.15, 0.2) is 47.8 Å². The van der Waals surface area contributed by atoms with Gasteiger partial charge in [0.15, 0.2) is 9.84 Å². The molecular weight excluding hydrogens is 342 g/mol. The van der Waals surface area contributed by atoms with Crippen molar-refractivity contribution in [2.45, 2.75) is 26.3 Å². The second-order valence-electron chi connectivity index (χ2n) is 5.67. The average molecular weight is 366 g/mol. The van der Waals surface area contributed by atoms with Crippen molar-refractivity contribution in [3.8, 4) is 0 Å². The predicted molar refractivity (Wildman–Crippen MR) is 98.8 cm³/mol. The van der Waals surface area contributed by atoms with E-state index in [9.17, 15) is 13.2 Å². The minimum atomic E-state index is -3.37. The van der Waals surface area contributed by atoms with E-state index in [-0.39, 0.29) is 11.7 Å². The number of thiophene rings is 1. The van der Waals surface area contributed by atoms with E-state index in [1.165, 1.54) is 0 Å². The number of benzene rings is 1. The SMILES string of the molecule is CCN(Cc1cccs1)C(=O)CS(=O)(=O)CCCc1ccccc1. The summed E-state index contributed by atoms with van der Waals surface area (Å²) in [7, 11) is -3.37. The van der Waals surface area contributed by atoms with Crippen LogP contribution in [0.1, 0.15) is 23.8 Å². The number of hydrogen-bond donors (Lipinski definition) is 0. The molecule has 0 saturated heterocycles. The number of nitrogens with zero attached hydrogens (tertiary/aromatic N) is 1. The van der Waals surface area contributed by atoms with Crippen LogP contribution in [-0.4, -0.2) is 37.3 Å². The van der Waals surface area contributed by atoms with Gasteiger partial charge < -0.3 is 4.90 Å². The molecule has 1 aromatic heterocycles. The molecule has 0 N–H and O–H groups in total. The van der Waals surface area contributed by atoms with Gasteiger partial charge in [0.05, 0.1) is 12.3 Å². The van der Waals surface area contributed by atoms with E-state index >= 15 is 0 Å². The van der Waals surface area contributed by atoms with Crippen LogP contribution in [0, 0.1) is 0 Å². The Balaban J connectivity index is 1.84. The molecule has 0 atom stereocenters. The Morgan fingerprint density at radius 2 is 1.88 bits per heavy atom. The van der Waals surface area contributed by atoms with Gasteiger partial charge in [0.25, 0.3) is 0 Å². The van der Waals surface area contributed by atoms with Gasteiger partial charge in [-0.1, -0.05) is 36.4 Å². The molecular formula is C18H23NO3S2. The molecule has 0 fully saturated rings. The Bertz CT molecular complexity index is 725. The molecule has 0 aliphatic carbocycles. The van der Waals surface area contributed by atoms with Gasteiger partial charge in [-0.25, -0.2) is 8.42 Å². The maximum Gasteiger partial charge on any atom is 0.238 e. The molecule has 24 heavy (non-hydrogen) atoms. The monoisotopic (exact) mass is 365 g/mol. The second-order valence-corrected chi connectivity index (χ2v) is 8.88. The van der Waals surface area contributed by atoms with Gasteiger partial charge in [-0.2, -0.15) is 0 Å². The third-order valence-corrected chi connectivity index (χ3v) is 6.23. The lowest BCUT2D eigenvalue weighted by molar-refractivity contribution is -0.128. The lowest BCUT2D eigenvalue weighted by Crippen LogP contribution is -2.35. The highest BCUT2D eigenvalue weighted by atomic mass is 32.2. The first-order chi connectivity index (χ1) is 11.5. The predicted octanol–water partition coefficient (Wildman–Crippen LogP) is 3.14. The summed E-state index contributed by atoms with van der Waals surface area (Å²) in [4.78, 5) is 15.0. The van der Waals surface area contributed by atoms with Crippen molar-refractivity contribution < 1.29 is 13.2 Å². The fraction of sp³-hybridized carbons (Fsp3) is 0.389. The molecule has 4 nitrogen and oxygen atoms in total. The van der Waals surface area contributed by atoms with E-state index < -0.39 is 15.6 Å². The zero-order chi connectivity index (χ0) is 17.4. The maximum absolute atomic E-state index is 12.3. The van der Waals surface area contributed by atoms with Crippen LogP contribution >= 0.6 is 11.3 Å². The van der Waals surface area contributed by atoms with E-state index in [2.05, 4.69) is 0 Å². The van der Waals surface area contributed by atoms with Crippen molar-refractivity contribution in [3.05, 3.63) is 58.3 Å². The Hall–Kier alpha value is -1.66. The van der Waals surface area contributed by atoms with Crippen LogP contribution in [0.2, 0.25) is 0 Å². The summed E-state index contributed by atoms with van der Waals surface area (Å²) in [5, 5.41) is 1.95. The Morgan fingerprint density at radius 3 is 2.50 bits per heavy atom. The zero-order valence-corrected chi connectivity index (χ0v) is 15.5. The van der Waals surface area contributed by atoms with E-state index in [1.807, 2.05) is 54.8 Å². The molecule has 6 heteroatoms. The number of aryl methyl sites for hydroxylation is 1. The third kappa shape index (κ3) is 6.09. The van der Waals surface area contributed by atoms with Crippen LogP contribution in [-0.2, 0) is 27.6 Å². The lowest BCUT2D eigenvalue weighted by Gasteiger charge is -2.20. The Kier molecular flexibility index (Phi) is 6.99. The molecule has 1 aromatic carbocycles. The highest BCUT2D eigenvalue weighted by molar-refractivity contribution is 7.92. The summed E-state index contributed by atoms with van der Waals surface area (Å²) < 4.78 is 24.4. The number of sulfone groups is 1. The second kappa shape index (κ2) is 8.99. The van der Waals surface area contributed by atoms with E-state index in [0.717, 1.165) is 10.4 Å². The lowest BCUT2D eigenvalue weighted by atomic mass is 10.1. The Labute approximate surface area is 148 Å².